The summed E-state index contributed by atoms with van der Waals surface area (Å²) in [6, 6.07) is 5.36. The van der Waals surface area contributed by atoms with E-state index in [1.165, 1.54) is 0 Å². The molecule has 0 radical (unpaired) electrons. The van der Waals surface area contributed by atoms with Crippen LogP contribution in [0, 0.1) is 46.3 Å². The third-order valence-corrected chi connectivity index (χ3v) is 13.3. The number of aliphatic hydroxyl groups excluding tert-OH is 2. The number of nitrogens with one attached hydrogen (secondary N) is 3. The minimum absolute atomic E-state index is 0.0652. The number of aliphatic hydroxyl groups is 2. The maximum absolute atomic E-state index is 13.0. The topological polar surface area (TPSA) is 174 Å². The molecule has 4 saturated carbocycles. The molecule has 11 atom stereocenters. The van der Waals surface area contributed by atoms with Gasteiger partial charge in [-0.25, -0.2) is 9.59 Å². The Morgan fingerprint density at radius 1 is 0.882 bits per heavy atom. The molecule has 4 aliphatic carbocycles. The van der Waals surface area contributed by atoms with Gasteiger partial charge in [0.25, 0.3) is 0 Å². The first-order valence-corrected chi connectivity index (χ1v) is 19.2. The van der Waals surface area contributed by atoms with Gasteiger partial charge in [-0.2, -0.15) is 0 Å². The summed E-state index contributed by atoms with van der Waals surface area (Å²) in [6.07, 6.45) is 7.35. The lowest BCUT2D eigenvalue weighted by Crippen LogP contribution is -2.58. The number of carboxylic acids is 1. The van der Waals surface area contributed by atoms with Crippen molar-refractivity contribution in [2.45, 2.75) is 142 Å². The Hall–Kier alpha value is -3.18. The Labute approximate surface area is 303 Å². The molecule has 3 amide bonds. The summed E-state index contributed by atoms with van der Waals surface area (Å²) in [5.41, 5.74) is 0.478. The highest BCUT2D eigenvalue weighted by molar-refractivity contribution is 5.93. The Balaban J connectivity index is 1.10. The van der Waals surface area contributed by atoms with Crippen molar-refractivity contribution in [1.82, 2.24) is 5.32 Å². The highest BCUT2D eigenvalue weighted by atomic mass is 16.6. The summed E-state index contributed by atoms with van der Waals surface area (Å²) in [4.78, 5) is 49.9. The molecule has 11 heteroatoms. The number of ether oxygens (including phenoxy) is 1. The zero-order chi connectivity index (χ0) is 37.3. The van der Waals surface area contributed by atoms with Gasteiger partial charge in [0, 0.05) is 24.2 Å². The van der Waals surface area contributed by atoms with E-state index in [1.54, 1.807) is 45.0 Å². The number of hydrogen-bond donors (Lipinski definition) is 6. The molecule has 0 saturated heterocycles. The van der Waals surface area contributed by atoms with Gasteiger partial charge in [0.2, 0.25) is 11.8 Å². The molecule has 284 valence electrons. The van der Waals surface area contributed by atoms with Crippen LogP contribution in [0.2, 0.25) is 0 Å². The quantitative estimate of drug-likeness (QED) is 0.147. The van der Waals surface area contributed by atoms with Crippen LogP contribution in [0.15, 0.2) is 24.3 Å². The van der Waals surface area contributed by atoms with Gasteiger partial charge in [0.05, 0.1) is 12.2 Å². The SMILES string of the molecule is C[C@H](CCC(=O)N[C@@H](CCC(=O)Nc1cccc(NC(=O)OC(C)(C)C)c1)C(=O)O)[C@H]1CC[C@H]2[C@@H]3[C@H](O)C[C@@H]4C[C@H](O)CC[C@]4(C)[C@H]3CC[C@]12C. The fourth-order valence-corrected chi connectivity index (χ4v) is 10.9. The molecular weight excluding hydrogens is 650 g/mol. The van der Waals surface area contributed by atoms with Crippen LogP contribution >= 0.6 is 0 Å². The first kappa shape index (κ1) is 39.0. The molecule has 0 bridgehead atoms. The molecule has 0 spiro atoms. The monoisotopic (exact) mass is 711 g/mol. The van der Waals surface area contributed by atoms with E-state index in [0.29, 0.717) is 41.5 Å². The number of aliphatic carboxylic acids is 1. The smallest absolute Gasteiger partial charge is 0.412 e. The summed E-state index contributed by atoms with van der Waals surface area (Å²) >= 11 is 0. The van der Waals surface area contributed by atoms with Gasteiger partial charge < -0.3 is 30.7 Å². The number of hydrogen-bond acceptors (Lipinski definition) is 7. The van der Waals surface area contributed by atoms with Gasteiger partial charge in [-0.1, -0.05) is 26.8 Å². The lowest BCUT2D eigenvalue weighted by atomic mass is 9.43. The maximum atomic E-state index is 13.0. The van der Waals surface area contributed by atoms with Crippen molar-refractivity contribution in [3.8, 4) is 0 Å². The number of carboxylic acid groups (broad SMARTS) is 1. The summed E-state index contributed by atoms with van der Waals surface area (Å²) in [5.74, 6) is 0.363. The van der Waals surface area contributed by atoms with E-state index in [4.69, 9.17) is 4.74 Å². The second-order valence-corrected chi connectivity index (χ2v) is 17.7. The van der Waals surface area contributed by atoms with Crippen LogP contribution in [-0.2, 0) is 19.1 Å². The first-order valence-electron chi connectivity index (χ1n) is 19.2. The Morgan fingerprint density at radius 3 is 2.22 bits per heavy atom. The molecule has 5 rings (SSSR count). The van der Waals surface area contributed by atoms with Crippen LogP contribution in [0.25, 0.3) is 0 Å². The largest absolute Gasteiger partial charge is 0.480 e. The summed E-state index contributed by atoms with van der Waals surface area (Å²) in [5, 5.41) is 39.7. The minimum atomic E-state index is -1.19. The standard InChI is InChI=1S/C40H61N3O8/c1-23(28-11-12-29-35-30(17-19-40(28,29)6)39(5)18-16-27(44)20-24(39)21-32(35)45)10-14-34(47)43-31(36(48)49)13-15-33(46)41-25-8-7-9-26(22-25)42-37(50)51-38(2,3)4/h7-9,22-24,27-32,35,44-45H,10-21H2,1-6H3,(H,41,46)(H,42,50)(H,43,47)(H,48,49)/t23-,24+,27-,28-,29+,30+,31+,32-,35+,39+,40-/m1/s1. The van der Waals surface area contributed by atoms with Gasteiger partial charge in [-0.05, 0) is 150 Å². The number of carbonyl (C=O) groups excluding carboxylic acids is 3. The van der Waals surface area contributed by atoms with Crippen molar-refractivity contribution in [3.05, 3.63) is 24.3 Å². The average Bonchev–Trinajstić information content (AvgIpc) is 3.39. The molecular formula is C40H61N3O8. The molecule has 1 aromatic rings. The molecule has 0 heterocycles. The second kappa shape index (κ2) is 15.4. The lowest BCUT2D eigenvalue weighted by Gasteiger charge is -2.62. The van der Waals surface area contributed by atoms with Gasteiger partial charge in [0.15, 0.2) is 0 Å². The highest BCUT2D eigenvalue weighted by Gasteiger charge is 2.62. The Kier molecular flexibility index (Phi) is 11.8. The van der Waals surface area contributed by atoms with Crippen molar-refractivity contribution >= 4 is 35.3 Å². The van der Waals surface area contributed by atoms with Crippen molar-refractivity contribution in [2.24, 2.45) is 46.3 Å². The van der Waals surface area contributed by atoms with Crippen molar-refractivity contribution in [3.63, 3.8) is 0 Å². The van der Waals surface area contributed by atoms with E-state index in [2.05, 4.69) is 36.7 Å². The second-order valence-electron chi connectivity index (χ2n) is 17.7. The number of carbonyl (C=O) groups is 4. The van der Waals surface area contributed by atoms with Crippen LogP contribution < -0.4 is 16.0 Å². The number of benzene rings is 1. The number of anilines is 2. The van der Waals surface area contributed by atoms with Gasteiger partial charge >= 0.3 is 12.1 Å². The molecule has 0 unspecified atom stereocenters. The molecule has 6 N–H and O–H groups in total. The normalized spacial score (nSPS) is 34.2. The minimum Gasteiger partial charge on any atom is -0.480 e. The van der Waals surface area contributed by atoms with Crippen LogP contribution in [0.5, 0.6) is 0 Å². The van der Waals surface area contributed by atoms with Crippen LogP contribution in [-0.4, -0.2) is 63.0 Å². The first-order chi connectivity index (χ1) is 23.9. The fourth-order valence-electron chi connectivity index (χ4n) is 10.9. The van der Waals surface area contributed by atoms with Crippen molar-refractivity contribution in [1.29, 1.82) is 0 Å². The van der Waals surface area contributed by atoms with E-state index in [9.17, 15) is 34.5 Å². The summed E-state index contributed by atoms with van der Waals surface area (Å²) in [6.45, 7) is 12.3. The predicted molar refractivity (Wildman–Crippen MR) is 195 cm³/mol. The third kappa shape index (κ3) is 8.90. The molecule has 4 aliphatic rings. The summed E-state index contributed by atoms with van der Waals surface area (Å²) < 4.78 is 5.26. The maximum Gasteiger partial charge on any atom is 0.412 e. The zero-order valence-electron chi connectivity index (χ0n) is 31.4. The molecule has 1 aromatic carbocycles. The van der Waals surface area contributed by atoms with Crippen molar-refractivity contribution < 1.29 is 39.2 Å². The van der Waals surface area contributed by atoms with Gasteiger partial charge in [-0.3, -0.25) is 14.9 Å². The average molecular weight is 712 g/mol. The highest BCUT2D eigenvalue weighted by Crippen LogP contribution is 2.68. The van der Waals surface area contributed by atoms with E-state index in [1.807, 2.05) is 0 Å². The van der Waals surface area contributed by atoms with E-state index in [-0.39, 0.29) is 60.0 Å². The molecule has 4 fully saturated rings. The molecule has 11 nitrogen and oxygen atoms in total. The number of rotatable bonds is 11. The zero-order valence-corrected chi connectivity index (χ0v) is 31.4. The third-order valence-electron chi connectivity index (χ3n) is 13.3. The van der Waals surface area contributed by atoms with Crippen LogP contribution in [0.1, 0.15) is 119 Å². The molecule has 0 aromatic heterocycles. The van der Waals surface area contributed by atoms with Crippen LogP contribution in [0.3, 0.4) is 0 Å². The number of fused-ring (bicyclic) bond motifs is 5. The summed E-state index contributed by atoms with van der Waals surface area (Å²) in [7, 11) is 0. The van der Waals surface area contributed by atoms with Gasteiger partial charge in [-0.15, -0.1) is 0 Å². The predicted octanol–water partition coefficient (Wildman–Crippen LogP) is 6.73. The Morgan fingerprint density at radius 2 is 1.53 bits per heavy atom. The van der Waals surface area contributed by atoms with Crippen molar-refractivity contribution in [2.75, 3.05) is 10.6 Å². The van der Waals surface area contributed by atoms with E-state index < -0.39 is 29.6 Å². The fraction of sp³-hybridized carbons (Fsp3) is 0.750. The van der Waals surface area contributed by atoms with E-state index >= 15 is 0 Å². The van der Waals surface area contributed by atoms with Crippen LogP contribution in [0.4, 0.5) is 16.2 Å². The lowest BCUT2D eigenvalue weighted by molar-refractivity contribution is -0.174. The van der Waals surface area contributed by atoms with E-state index in [0.717, 1.165) is 51.4 Å². The molecule has 51 heavy (non-hydrogen) atoms. The molecule has 0 aliphatic heterocycles. The Bertz CT molecular complexity index is 1440. The van der Waals surface area contributed by atoms with Gasteiger partial charge in [0.1, 0.15) is 11.6 Å². The number of amides is 3.